The molecule has 2 aromatic rings. The van der Waals surface area contributed by atoms with Crippen molar-refractivity contribution in [3.8, 4) is 0 Å². The van der Waals surface area contributed by atoms with Gasteiger partial charge in [-0.2, -0.15) is 0 Å². The maximum Gasteiger partial charge on any atom is 0.281 e. The van der Waals surface area contributed by atoms with E-state index >= 15 is 0 Å². The van der Waals surface area contributed by atoms with Gasteiger partial charge in [-0.15, -0.1) is 0 Å². The van der Waals surface area contributed by atoms with Gasteiger partial charge in [-0.25, -0.2) is 5.06 Å². The molecule has 0 saturated carbocycles. The number of nitrogens with one attached hydrogen (secondary N) is 1. The van der Waals surface area contributed by atoms with Gasteiger partial charge >= 0.3 is 0 Å². The molecule has 8 heteroatoms. The second-order valence-corrected chi connectivity index (χ2v) is 6.52. The molecule has 2 heterocycles. The van der Waals surface area contributed by atoms with Crippen molar-refractivity contribution >= 4 is 29.0 Å². The van der Waals surface area contributed by atoms with E-state index in [4.69, 9.17) is 21.5 Å². The Kier molecular flexibility index (Phi) is 7.62. The Morgan fingerprint density at radius 3 is 2.61 bits per heavy atom. The summed E-state index contributed by atoms with van der Waals surface area (Å²) in [6.07, 6.45) is 0.485. The fourth-order valence-corrected chi connectivity index (χ4v) is 3.18. The van der Waals surface area contributed by atoms with E-state index in [2.05, 4.69) is 5.32 Å². The highest BCUT2D eigenvalue weighted by Crippen LogP contribution is 2.31. The van der Waals surface area contributed by atoms with E-state index in [-0.39, 0.29) is 24.7 Å². The molecule has 1 amide bonds. The third-order valence-corrected chi connectivity index (χ3v) is 4.58. The summed E-state index contributed by atoms with van der Waals surface area (Å²) < 4.78 is 1.38. The van der Waals surface area contributed by atoms with Crippen LogP contribution in [-0.4, -0.2) is 40.4 Å². The first-order valence-corrected chi connectivity index (χ1v) is 9.62. The smallest absolute Gasteiger partial charge is 0.281 e. The Balaban J connectivity index is 0.00000136. The first-order chi connectivity index (χ1) is 13.4. The number of carbonyl (C=O) groups excluding carboxylic acids is 1. The third kappa shape index (κ3) is 4.55. The maximum atomic E-state index is 12.9. The summed E-state index contributed by atoms with van der Waals surface area (Å²) >= 11 is 6.29. The molecule has 0 spiro atoms. The lowest BCUT2D eigenvalue weighted by molar-refractivity contribution is -0.132. The largest absolute Gasteiger partial charge is 0.394 e. The van der Waals surface area contributed by atoms with Gasteiger partial charge < -0.3 is 10.4 Å². The monoisotopic (exact) mass is 407 g/mol. The first kappa shape index (κ1) is 21.9. The van der Waals surface area contributed by atoms with E-state index in [1.807, 2.05) is 26.8 Å². The van der Waals surface area contributed by atoms with Crippen molar-refractivity contribution in [2.75, 3.05) is 25.1 Å². The molecular formula is C20H26ClN3O4. The number of hydroxylamine groups is 2. The summed E-state index contributed by atoms with van der Waals surface area (Å²) in [5.41, 5.74) is 2.42. The van der Waals surface area contributed by atoms with Crippen molar-refractivity contribution in [3.63, 3.8) is 0 Å². The highest BCUT2D eigenvalue weighted by Gasteiger charge is 2.30. The van der Waals surface area contributed by atoms with Crippen LogP contribution >= 0.6 is 11.6 Å². The Labute approximate surface area is 169 Å². The number of pyridine rings is 1. The zero-order valence-electron chi connectivity index (χ0n) is 16.6. The minimum Gasteiger partial charge on any atom is -0.394 e. The molecule has 0 aliphatic carbocycles. The van der Waals surface area contributed by atoms with Gasteiger partial charge in [0, 0.05) is 13.1 Å². The van der Waals surface area contributed by atoms with Crippen LogP contribution in [0.2, 0.25) is 5.02 Å². The lowest BCUT2D eigenvalue weighted by Gasteiger charge is -2.29. The predicted octanol–water partition coefficient (Wildman–Crippen LogP) is 3.04. The Hall–Kier alpha value is -2.35. The molecule has 152 valence electrons. The van der Waals surface area contributed by atoms with Crippen LogP contribution in [0.5, 0.6) is 0 Å². The third-order valence-electron chi connectivity index (χ3n) is 4.26. The SMILES string of the molecule is CC.Cc1ccc(Nc2c3c(cc(=O)n2C)CCN(OCCO)C3=O)c(Cl)c1. The Morgan fingerprint density at radius 2 is 1.96 bits per heavy atom. The Morgan fingerprint density at radius 1 is 1.25 bits per heavy atom. The van der Waals surface area contributed by atoms with Crippen molar-refractivity contribution in [1.82, 2.24) is 9.63 Å². The topological polar surface area (TPSA) is 83.8 Å². The van der Waals surface area contributed by atoms with Gasteiger partial charge in [0.25, 0.3) is 11.5 Å². The number of hydrogen-bond acceptors (Lipinski definition) is 5. The quantitative estimate of drug-likeness (QED) is 0.795. The summed E-state index contributed by atoms with van der Waals surface area (Å²) in [5, 5.41) is 13.8. The second kappa shape index (κ2) is 9.73. The highest BCUT2D eigenvalue weighted by molar-refractivity contribution is 6.33. The fourth-order valence-electron chi connectivity index (χ4n) is 2.90. The average molecular weight is 408 g/mol. The van der Waals surface area contributed by atoms with E-state index < -0.39 is 0 Å². The number of aliphatic hydroxyl groups excluding tert-OH is 1. The number of halogens is 1. The lowest BCUT2D eigenvalue weighted by atomic mass is 10.0. The molecule has 7 nitrogen and oxygen atoms in total. The lowest BCUT2D eigenvalue weighted by Crippen LogP contribution is -2.40. The summed E-state index contributed by atoms with van der Waals surface area (Å²) in [6, 6.07) is 6.96. The van der Waals surface area contributed by atoms with Crippen molar-refractivity contribution in [1.29, 1.82) is 0 Å². The average Bonchev–Trinajstić information content (AvgIpc) is 2.68. The Bertz CT molecular complexity index is 911. The zero-order valence-corrected chi connectivity index (χ0v) is 17.3. The molecule has 1 aromatic heterocycles. The number of fused-ring (bicyclic) bond motifs is 1. The normalized spacial score (nSPS) is 12.9. The first-order valence-electron chi connectivity index (χ1n) is 9.24. The number of aliphatic hydroxyl groups is 1. The van der Waals surface area contributed by atoms with Crippen LogP contribution in [0.15, 0.2) is 29.1 Å². The molecule has 2 N–H and O–H groups in total. The summed E-state index contributed by atoms with van der Waals surface area (Å²) in [4.78, 5) is 30.5. The molecular weight excluding hydrogens is 382 g/mol. The van der Waals surface area contributed by atoms with E-state index in [1.54, 1.807) is 19.2 Å². The molecule has 28 heavy (non-hydrogen) atoms. The van der Waals surface area contributed by atoms with Gasteiger partial charge in [-0.05, 0) is 36.6 Å². The highest BCUT2D eigenvalue weighted by atomic mass is 35.5. The number of hydrogen-bond donors (Lipinski definition) is 2. The molecule has 0 bridgehead atoms. The van der Waals surface area contributed by atoms with Crippen LogP contribution in [0.3, 0.4) is 0 Å². The number of carbonyl (C=O) groups is 1. The molecule has 1 aliphatic rings. The van der Waals surface area contributed by atoms with Crippen LogP contribution in [-0.2, 0) is 18.3 Å². The van der Waals surface area contributed by atoms with Crippen molar-refractivity contribution < 1.29 is 14.7 Å². The standard InChI is InChI=1S/C18H20ClN3O4.C2H6/c1-11-3-4-14(13(19)9-11)20-17-16-12(10-15(24)21(17)2)5-6-22(18(16)25)26-8-7-23;1-2/h3-4,9-10,20,23H,5-8H2,1-2H3;1-2H3. The maximum absolute atomic E-state index is 12.9. The molecule has 0 radical (unpaired) electrons. The van der Waals surface area contributed by atoms with Gasteiger partial charge in [0.15, 0.2) is 0 Å². The van der Waals surface area contributed by atoms with Crippen molar-refractivity contribution in [2.45, 2.75) is 27.2 Å². The number of amides is 1. The number of benzene rings is 1. The molecule has 0 atom stereocenters. The predicted molar refractivity (Wildman–Crippen MR) is 110 cm³/mol. The molecule has 0 saturated heterocycles. The number of rotatable bonds is 5. The van der Waals surface area contributed by atoms with Gasteiger partial charge in [0.05, 0.1) is 36.0 Å². The molecule has 1 aliphatic heterocycles. The number of nitrogens with zero attached hydrogens (tertiary/aromatic N) is 2. The van der Waals surface area contributed by atoms with E-state index in [0.717, 1.165) is 5.56 Å². The molecule has 3 rings (SSSR count). The zero-order chi connectivity index (χ0) is 20.8. The van der Waals surface area contributed by atoms with E-state index in [9.17, 15) is 9.59 Å². The number of anilines is 2. The summed E-state index contributed by atoms with van der Waals surface area (Å²) in [5.74, 6) is 0.00147. The van der Waals surface area contributed by atoms with Gasteiger partial charge in [0.2, 0.25) is 0 Å². The van der Waals surface area contributed by atoms with Gasteiger partial charge in [-0.3, -0.25) is 19.0 Å². The minimum absolute atomic E-state index is 0.0272. The number of aromatic nitrogens is 1. The van der Waals surface area contributed by atoms with Crippen LogP contribution in [0.25, 0.3) is 0 Å². The van der Waals surface area contributed by atoms with Crippen LogP contribution in [0, 0.1) is 6.92 Å². The number of aryl methyl sites for hydroxylation is 1. The van der Waals surface area contributed by atoms with Crippen LogP contribution < -0.4 is 10.9 Å². The van der Waals surface area contributed by atoms with Crippen LogP contribution in [0.4, 0.5) is 11.5 Å². The summed E-state index contributed by atoms with van der Waals surface area (Å²) in [7, 11) is 1.59. The molecule has 0 unspecified atom stereocenters. The van der Waals surface area contributed by atoms with Gasteiger partial charge in [-0.1, -0.05) is 31.5 Å². The fraction of sp³-hybridized carbons (Fsp3) is 0.400. The molecule has 0 fully saturated rings. The summed E-state index contributed by atoms with van der Waals surface area (Å²) in [6.45, 7) is 6.09. The minimum atomic E-state index is -0.360. The second-order valence-electron chi connectivity index (χ2n) is 6.11. The van der Waals surface area contributed by atoms with Gasteiger partial charge in [0.1, 0.15) is 5.82 Å². The van der Waals surface area contributed by atoms with Crippen molar-refractivity contribution in [2.24, 2.45) is 7.05 Å². The van der Waals surface area contributed by atoms with Crippen LogP contribution in [0.1, 0.15) is 35.3 Å². The van der Waals surface area contributed by atoms with Crippen molar-refractivity contribution in [3.05, 3.63) is 56.3 Å². The van der Waals surface area contributed by atoms with E-state index in [1.165, 1.54) is 15.7 Å². The van der Waals surface area contributed by atoms with E-state index in [0.29, 0.717) is 40.6 Å². The molecule has 1 aromatic carbocycles.